The van der Waals surface area contributed by atoms with Gasteiger partial charge in [0, 0.05) is 31.6 Å². The van der Waals surface area contributed by atoms with E-state index in [9.17, 15) is 18.0 Å². The summed E-state index contributed by atoms with van der Waals surface area (Å²) in [5.74, 6) is -0.653. The topological polar surface area (TPSA) is 102 Å². The number of nitrogens with one attached hydrogen (secondary N) is 2. The predicted molar refractivity (Wildman–Crippen MR) is 96.6 cm³/mol. The number of anilines is 1. The molecule has 1 aliphatic rings. The van der Waals surface area contributed by atoms with Crippen molar-refractivity contribution in [2.75, 3.05) is 31.3 Å². The Morgan fingerprint density at radius 2 is 2.16 bits per heavy atom. The quantitative estimate of drug-likeness (QED) is 0.656. The fraction of sp³-hybridized carbons (Fsp3) is 0.500. The van der Waals surface area contributed by atoms with Gasteiger partial charge in [-0.05, 0) is 31.5 Å². The summed E-state index contributed by atoms with van der Waals surface area (Å²) in [4.78, 5) is 24.2. The fourth-order valence-electron chi connectivity index (χ4n) is 2.25. The van der Waals surface area contributed by atoms with Gasteiger partial charge in [-0.15, -0.1) is 11.8 Å². The van der Waals surface area contributed by atoms with Crippen molar-refractivity contribution in [1.29, 1.82) is 0 Å². The largest absolute Gasteiger partial charge is 0.385 e. The van der Waals surface area contributed by atoms with Crippen LogP contribution in [-0.2, 0) is 24.2 Å². The lowest BCUT2D eigenvalue weighted by Gasteiger charge is -2.21. The van der Waals surface area contributed by atoms with Gasteiger partial charge in [0.25, 0.3) is 0 Å². The van der Waals surface area contributed by atoms with Crippen LogP contribution in [0, 0.1) is 0 Å². The highest BCUT2D eigenvalue weighted by Gasteiger charge is 2.25. The van der Waals surface area contributed by atoms with Gasteiger partial charge in [0.05, 0.1) is 21.6 Å². The van der Waals surface area contributed by atoms with Crippen LogP contribution in [0.4, 0.5) is 5.69 Å². The number of carbonyl (C=O) groups is 2. The van der Waals surface area contributed by atoms with Gasteiger partial charge in [-0.25, -0.2) is 8.42 Å². The molecular weight excluding hydrogens is 364 g/mol. The van der Waals surface area contributed by atoms with Crippen molar-refractivity contribution in [2.24, 2.45) is 0 Å². The SMILES string of the molecule is COCCCNC(=O)CCS(=O)(=O)c1ccc2c(c1)SC(C)C(=O)N2. The van der Waals surface area contributed by atoms with Gasteiger partial charge >= 0.3 is 0 Å². The number of ether oxygens (including phenoxy) is 1. The van der Waals surface area contributed by atoms with Crippen LogP contribution in [0.25, 0.3) is 0 Å². The molecule has 0 fully saturated rings. The Bertz CT molecular complexity index is 749. The number of fused-ring (bicyclic) bond motifs is 1. The van der Waals surface area contributed by atoms with Crippen LogP contribution in [0.5, 0.6) is 0 Å². The molecule has 1 aliphatic heterocycles. The maximum atomic E-state index is 12.4. The molecule has 0 saturated carbocycles. The number of thioether (sulfide) groups is 1. The molecule has 1 aromatic carbocycles. The molecule has 0 saturated heterocycles. The number of amides is 2. The Balaban J connectivity index is 1.97. The Kier molecular flexibility index (Phi) is 6.86. The number of benzene rings is 1. The molecule has 0 aromatic heterocycles. The number of hydrogen-bond donors (Lipinski definition) is 2. The van der Waals surface area contributed by atoms with E-state index in [-0.39, 0.29) is 34.1 Å². The molecule has 0 aliphatic carbocycles. The Morgan fingerprint density at radius 3 is 2.88 bits per heavy atom. The predicted octanol–water partition coefficient (Wildman–Crippen LogP) is 1.44. The Labute approximate surface area is 151 Å². The molecule has 2 N–H and O–H groups in total. The van der Waals surface area contributed by atoms with Crippen molar-refractivity contribution in [3.05, 3.63) is 18.2 Å². The van der Waals surface area contributed by atoms with Gasteiger partial charge < -0.3 is 15.4 Å². The van der Waals surface area contributed by atoms with Crippen molar-refractivity contribution in [3.63, 3.8) is 0 Å². The molecule has 0 spiro atoms. The standard InChI is InChI=1S/C16H22N2O5S2/c1-11-16(20)18-13-5-4-12(10-14(13)24-11)25(21,22)9-6-15(19)17-7-3-8-23-2/h4-5,10-11H,3,6-9H2,1-2H3,(H,17,19)(H,18,20). The van der Waals surface area contributed by atoms with Crippen molar-refractivity contribution >= 4 is 39.1 Å². The summed E-state index contributed by atoms with van der Waals surface area (Å²) >= 11 is 1.32. The summed E-state index contributed by atoms with van der Waals surface area (Å²) in [6.07, 6.45) is 0.591. The maximum absolute atomic E-state index is 12.4. The van der Waals surface area contributed by atoms with Gasteiger partial charge in [0.2, 0.25) is 11.8 Å². The van der Waals surface area contributed by atoms with Crippen LogP contribution in [0.1, 0.15) is 19.8 Å². The highest BCUT2D eigenvalue weighted by atomic mass is 32.2. The number of sulfone groups is 1. The fourth-order valence-corrected chi connectivity index (χ4v) is 4.58. The summed E-state index contributed by atoms with van der Waals surface area (Å²) < 4.78 is 29.8. The van der Waals surface area contributed by atoms with E-state index < -0.39 is 9.84 Å². The molecule has 25 heavy (non-hydrogen) atoms. The van der Waals surface area contributed by atoms with Crippen LogP contribution >= 0.6 is 11.8 Å². The normalized spacial score (nSPS) is 16.9. The molecule has 0 bridgehead atoms. The van der Waals surface area contributed by atoms with Gasteiger partial charge in [-0.3, -0.25) is 9.59 Å². The first-order valence-electron chi connectivity index (χ1n) is 7.93. The van der Waals surface area contributed by atoms with Crippen LogP contribution in [0.3, 0.4) is 0 Å². The van der Waals surface area contributed by atoms with E-state index in [1.807, 2.05) is 0 Å². The van der Waals surface area contributed by atoms with Crippen molar-refractivity contribution in [1.82, 2.24) is 5.32 Å². The van der Waals surface area contributed by atoms with Crippen LogP contribution in [0.15, 0.2) is 28.0 Å². The Hall–Kier alpha value is -1.58. The van der Waals surface area contributed by atoms with Crippen molar-refractivity contribution < 1.29 is 22.7 Å². The zero-order valence-corrected chi connectivity index (χ0v) is 15.8. The minimum atomic E-state index is -3.57. The lowest BCUT2D eigenvalue weighted by Crippen LogP contribution is -2.27. The molecule has 1 atom stereocenters. The monoisotopic (exact) mass is 386 g/mol. The minimum absolute atomic E-state index is 0.0906. The van der Waals surface area contributed by atoms with E-state index in [0.29, 0.717) is 25.3 Å². The van der Waals surface area contributed by atoms with Crippen LogP contribution in [-0.4, -0.2) is 51.5 Å². The zero-order valence-electron chi connectivity index (χ0n) is 14.2. The summed E-state index contributed by atoms with van der Waals surface area (Å²) in [6, 6.07) is 4.60. The molecule has 1 aromatic rings. The van der Waals surface area contributed by atoms with Crippen LogP contribution in [0.2, 0.25) is 0 Å². The van der Waals surface area contributed by atoms with Gasteiger partial charge in [0.15, 0.2) is 9.84 Å². The summed E-state index contributed by atoms with van der Waals surface area (Å²) in [7, 11) is -1.99. The smallest absolute Gasteiger partial charge is 0.237 e. The van der Waals surface area contributed by atoms with E-state index in [0.717, 1.165) is 4.90 Å². The molecular formula is C16H22N2O5S2. The summed E-state index contributed by atoms with van der Waals surface area (Å²) in [5, 5.41) is 5.14. The molecule has 2 rings (SSSR count). The number of carbonyl (C=O) groups excluding carboxylic acids is 2. The second kappa shape index (κ2) is 8.68. The number of rotatable bonds is 8. The minimum Gasteiger partial charge on any atom is -0.385 e. The first-order chi connectivity index (χ1) is 11.8. The third kappa shape index (κ3) is 5.45. The van der Waals surface area contributed by atoms with E-state index in [1.165, 1.54) is 17.8 Å². The van der Waals surface area contributed by atoms with E-state index in [1.54, 1.807) is 26.2 Å². The molecule has 9 heteroatoms. The van der Waals surface area contributed by atoms with Gasteiger partial charge in [-0.2, -0.15) is 0 Å². The van der Waals surface area contributed by atoms with Gasteiger partial charge in [-0.1, -0.05) is 0 Å². The lowest BCUT2D eigenvalue weighted by molar-refractivity contribution is -0.120. The number of hydrogen-bond acceptors (Lipinski definition) is 6. The number of methoxy groups -OCH3 is 1. The summed E-state index contributed by atoms with van der Waals surface area (Å²) in [5.41, 5.74) is 0.614. The van der Waals surface area contributed by atoms with Crippen molar-refractivity contribution in [2.45, 2.75) is 34.8 Å². The lowest BCUT2D eigenvalue weighted by atomic mass is 10.3. The van der Waals surface area contributed by atoms with E-state index >= 15 is 0 Å². The first kappa shape index (κ1) is 19.7. The van der Waals surface area contributed by atoms with Crippen molar-refractivity contribution in [3.8, 4) is 0 Å². The molecule has 1 unspecified atom stereocenters. The zero-order chi connectivity index (χ0) is 18.4. The second-order valence-electron chi connectivity index (χ2n) is 5.67. The Morgan fingerprint density at radius 1 is 1.40 bits per heavy atom. The third-order valence-electron chi connectivity index (χ3n) is 3.69. The van der Waals surface area contributed by atoms with E-state index in [4.69, 9.17) is 4.74 Å². The maximum Gasteiger partial charge on any atom is 0.237 e. The average Bonchev–Trinajstić information content (AvgIpc) is 2.57. The summed E-state index contributed by atoms with van der Waals surface area (Å²) in [6.45, 7) is 2.76. The molecule has 138 valence electrons. The van der Waals surface area contributed by atoms with Crippen LogP contribution < -0.4 is 10.6 Å². The first-order valence-corrected chi connectivity index (χ1v) is 10.5. The molecule has 0 radical (unpaired) electrons. The molecule has 7 nitrogen and oxygen atoms in total. The van der Waals surface area contributed by atoms with E-state index in [2.05, 4.69) is 10.6 Å². The highest BCUT2D eigenvalue weighted by Crippen LogP contribution is 2.37. The molecule has 2 amide bonds. The third-order valence-corrected chi connectivity index (χ3v) is 6.56. The average molecular weight is 386 g/mol. The highest BCUT2D eigenvalue weighted by molar-refractivity contribution is 8.01. The second-order valence-corrected chi connectivity index (χ2v) is 9.16. The van der Waals surface area contributed by atoms with Gasteiger partial charge in [0.1, 0.15) is 0 Å². The molecule has 1 heterocycles.